The fourth-order valence-electron chi connectivity index (χ4n) is 8.01. The van der Waals surface area contributed by atoms with Gasteiger partial charge in [-0.15, -0.1) is 11.3 Å². The third kappa shape index (κ3) is 7.64. The molecule has 6 aromatic rings. The molecule has 6 heterocycles. The van der Waals surface area contributed by atoms with Crippen molar-refractivity contribution in [2.45, 2.75) is 43.9 Å². The van der Waals surface area contributed by atoms with E-state index >= 15 is 0 Å². The van der Waals surface area contributed by atoms with Crippen LogP contribution >= 0.6 is 11.3 Å². The molecule has 0 saturated carbocycles. The minimum Gasteiger partial charge on any atom is -0.481 e. The lowest BCUT2D eigenvalue weighted by atomic mass is 9.79. The number of anilines is 1. The highest BCUT2D eigenvalue weighted by molar-refractivity contribution is 7.15. The van der Waals surface area contributed by atoms with Gasteiger partial charge in [0.1, 0.15) is 11.3 Å². The number of pyridine rings is 1. The second-order valence-electron chi connectivity index (χ2n) is 14.9. The molecular weight excluding hydrogens is 713 g/mol. The van der Waals surface area contributed by atoms with Crippen LogP contribution in [0.25, 0.3) is 27.3 Å². The van der Waals surface area contributed by atoms with Crippen molar-refractivity contribution in [3.8, 4) is 22.1 Å². The Kier molecular flexibility index (Phi) is 10.2. The maximum atomic E-state index is 14.3. The normalized spacial score (nSPS) is 18.7. The number of likely N-dealkylation sites (tertiary alicyclic amines) is 2. The van der Waals surface area contributed by atoms with E-state index in [1.165, 1.54) is 15.8 Å². The van der Waals surface area contributed by atoms with Crippen molar-refractivity contribution in [3.63, 3.8) is 0 Å². The zero-order valence-electron chi connectivity index (χ0n) is 31.4. The summed E-state index contributed by atoms with van der Waals surface area (Å²) in [5.41, 5.74) is 3.34. The lowest BCUT2D eigenvalue weighted by Gasteiger charge is -2.43. The first-order valence-corrected chi connectivity index (χ1v) is 19.6. The van der Waals surface area contributed by atoms with Gasteiger partial charge in [-0.25, -0.2) is 15.0 Å². The molecule has 1 N–H and O–H groups in total. The SMILES string of the molecule is COc1ccc(-c2ncc(CN3CC[C@@H](C(=O)N4CCC(O)(Cn5cnc6c(ccn6-c6cccc(N(C)C)c6)c5=O)CC4)[C@H](c4ccccc4)C3)s2)cn1. The molecule has 55 heavy (non-hydrogen) atoms. The standard InChI is InChI=1S/C42H46N8O4S/c1-46(2)31-10-7-11-32(22-31)50-19-15-35-38(50)45-28-49(41(35)52)27-42(53)16-20-48(21-17-42)40(51)34-14-18-47(26-36(34)29-8-5-4-6-9-29)25-33-24-44-39(55-33)30-12-13-37(54-3)43-23-30/h4-13,15,19,22-24,28,34,36,53H,14,16-18,20-21,25-27H2,1-3H3/t34-,36+/m1/s1. The molecule has 1 amide bonds. The second-order valence-corrected chi connectivity index (χ2v) is 16.0. The first-order valence-electron chi connectivity index (χ1n) is 18.8. The van der Waals surface area contributed by atoms with Crippen molar-refractivity contribution in [3.05, 3.63) is 119 Å². The first kappa shape index (κ1) is 36.6. The second kappa shape index (κ2) is 15.4. The van der Waals surface area contributed by atoms with Crippen LogP contribution in [0.2, 0.25) is 0 Å². The number of hydrogen-bond acceptors (Lipinski definition) is 10. The number of benzene rings is 2. The molecule has 2 aliphatic rings. The van der Waals surface area contributed by atoms with E-state index in [1.54, 1.807) is 30.7 Å². The molecule has 4 aromatic heterocycles. The summed E-state index contributed by atoms with van der Waals surface area (Å²) in [7, 11) is 5.58. The lowest BCUT2D eigenvalue weighted by molar-refractivity contribution is -0.142. The topological polar surface area (TPSA) is 122 Å². The number of nitrogens with zero attached hydrogens (tertiary/aromatic N) is 8. The average molecular weight is 759 g/mol. The van der Waals surface area contributed by atoms with Gasteiger partial charge in [-0.2, -0.15) is 0 Å². The molecular formula is C42H46N8O4S. The van der Waals surface area contributed by atoms with Gasteiger partial charge in [-0.3, -0.25) is 19.1 Å². The molecule has 12 nitrogen and oxygen atoms in total. The molecule has 2 fully saturated rings. The summed E-state index contributed by atoms with van der Waals surface area (Å²) in [5, 5.41) is 13.2. The molecule has 13 heteroatoms. The molecule has 0 spiro atoms. The fraction of sp³-hybridized carbons (Fsp3) is 0.357. The molecule has 284 valence electrons. The zero-order chi connectivity index (χ0) is 38.1. The van der Waals surface area contributed by atoms with Crippen molar-refractivity contribution in [1.82, 2.24) is 33.9 Å². The molecule has 2 saturated heterocycles. The van der Waals surface area contributed by atoms with Gasteiger partial charge in [0, 0.05) is 98.6 Å². The highest BCUT2D eigenvalue weighted by Crippen LogP contribution is 2.37. The Morgan fingerprint density at radius 2 is 1.80 bits per heavy atom. The Labute approximate surface area is 324 Å². The highest BCUT2D eigenvalue weighted by atomic mass is 32.1. The van der Waals surface area contributed by atoms with Gasteiger partial charge >= 0.3 is 0 Å². The fourth-order valence-corrected chi connectivity index (χ4v) is 8.95. The Hall–Kier alpha value is -5.37. The Morgan fingerprint density at radius 3 is 2.55 bits per heavy atom. The van der Waals surface area contributed by atoms with Crippen LogP contribution in [0.3, 0.4) is 0 Å². The molecule has 0 radical (unpaired) electrons. The third-order valence-electron chi connectivity index (χ3n) is 11.1. The Balaban J connectivity index is 0.922. The zero-order valence-corrected chi connectivity index (χ0v) is 32.2. The van der Waals surface area contributed by atoms with Gasteiger partial charge < -0.3 is 24.2 Å². The minimum absolute atomic E-state index is 0.0375. The van der Waals surface area contributed by atoms with Crippen molar-refractivity contribution in [1.29, 1.82) is 0 Å². The largest absolute Gasteiger partial charge is 0.481 e. The van der Waals surface area contributed by atoms with Gasteiger partial charge in [-0.05, 0) is 61.7 Å². The van der Waals surface area contributed by atoms with E-state index in [4.69, 9.17) is 4.74 Å². The summed E-state index contributed by atoms with van der Waals surface area (Å²) >= 11 is 1.66. The van der Waals surface area contributed by atoms with Gasteiger partial charge in [-0.1, -0.05) is 36.4 Å². The van der Waals surface area contributed by atoms with Crippen molar-refractivity contribution >= 4 is 34.0 Å². The monoisotopic (exact) mass is 758 g/mol. The average Bonchev–Trinajstić information content (AvgIpc) is 3.87. The van der Waals surface area contributed by atoms with Crippen LogP contribution < -0.4 is 15.2 Å². The van der Waals surface area contributed by atoms with Crippen LogP contribution in [-0.2, 0) is 17.9 Å². The number of rotatable bonds is 10. The molecule has 0 bridgehead atoms. The number of carbonyl (C=O) groups excluding carboxylic acids is 1. The molecule has 0 aliphatic carbocycles. The molecule has 2 atom stereocenters. The lowest BCUT2D eigenvalue weighted by Crippen LogP contribution is -2.53. The van der Waals surface area contributed by atoms with Crippen LogP contribution in [0.4, 0.5) is 5.69 Å². The number of methoxy groups -OCH3 is 1. The summed E-state index contributed by atoms with van der Waals surface area (Å²) in [5.74, 6) is 0.588. The van der Waals surface area contributed by atoms with Gasteiger partial charge in [0.15, 0.2) is 5.65 Å². The van der Waals surface area contributed by atoms with Crippen LogP contribution in [0.15, 0.2) is 103 Å². The van der Waals surface area contributed by atoms with E-state index < -0.39 is 5.60 Å². The summed E-state index contributed by atoms with van der Waals surface area (Å²) in [6, 6.07) is 24.0. The predicted molar refractivity (Wildman–Crippen MR) is 215 cm³/mol. The number of aliphatic hydroxyl groups is 1. The summed E-state index contributed by atoms with van der Waals surface area (Å²) in [6.07, 6.45) is 8.63. The Bertz CT molecular complexity index is 2330. The van der Waals surface area contributed by atoms with Crippen LogP contribution in [-0.4, -0.2) is 97.9 Å². The van der Waals surface area contributed by atoms with Crippen molar-refractivity contribution in [2.24, 2.45) is 5.92 Å². The number of carbonyl (C=O) groups is 1. The summed E-state index contributed by atoms with van der Waals surface area (Å²) < 4.78 is 8.63. The van der Waals surface area contributed by atoms with Crippen LogP contribution in [0.5, 0.6) is 5.88 Å². The van der Waals surface area contributed by atoms with E-state index in [1.807, 2.05) is 89.4 Å². The van der Waals surface area contributed by atoms with E-state index in [9.17, 15) is 14.7 Å². The molecule has 2 aliphatic heterocycles. The number of fused-ring (bicyclic) bond motifs is 1. The number of piperidine rings is 2. The number of hydrogen-bond donors (Lipinski definition) is 1. The number of aromatic nitrogens is 5. The van der Waals surface area contributed by atoms with Gasteiger partial charge in [0.2, 0.25) is 11.8 Å². The van der Waals surface area contributed by atoms with Crippen molar-refractivity contribution in [2.75, 3.05) is 52.3 Å². The van der Waals surface area contributed by atoms with E-state index in [0.717, 1.165) is 53.6 Å². The summed E-state index contributed by atoms with van der Waals surface area (Å²) in [6.45, 7) is 3.31. The highest BCUT2D eigenvalue weighted by Gasteiger charge is 2.41. The van der Waals surface area contributed by atoms with Crippen LogP contribution in [0, 0.1) is 5.92 Å². The molecule has 2 aromatic carbocycles. The van der Waals surface area contributed by atoms with E-state index in [0.29, 0.717) is 42.8 Å². The Morgan fingerprint density at radius 1 is 0.982 bits per heavy atom. The third-order valence-corrected chi connectivity index (χ3v) is 12.2. The molecule has 0 unspecified atom stereocenters. The van der Waals surface area contributed by atoms with Gasteiger partial charge in [0.25, 0.3) is 5.56 Å². The predicted octanol–water partition coefficient (Wildman–Crippen LogP) is 5.44. The van der Waals surface area contributed by atoms with E-state index in [2.05, 4.69) is 38.1 Å². The number of thiazole rings is 1. The minimum atomic E-state index is -1.13. The maximum Gasteiger partial charge on any atom is 0.262 e. The number of amides is 1. The number of ether oxygens (including phenoxy) is 1. The van der Waals surface area contributed by atoms with E-state index in [-0.39, 0.29) is 29.8 Å². The van der Waals surface area contributed by atoms with Crippen LogP contribution in [0.1, 0.15) is 35.6 Å². The first-order chi connectivity index (χ1) is 26.7. The summed E-state index contributed by atoms with van der Waals surface area (Å²) in [4.78, 5) is 49.2. The quantitative estimate of drug-likeness (QED) is 0.195. The maximum absolute atomic E-state index is 14.3. The van der Waals surface area contributed by atoms with Gasteiger partial charge in [0.05, 0.1) is 24.6 Å². The molecule has 8 rings (SSSR count). The van der Waals surface area contributed by atoms with Crippen molar-refractivity contribution < 1.29 is 14.6 Å². The smallest absolute Gasteiger partial charge is 0.262 e.